The first-order valence-corrected chi connectivity index (χ1v) is 9.42. The Morgan fingerprint density at radius 2 is 2.05 bits per heavy atom. The van der Waals surface area contributed by atoms with Gasteiger partial charge in [0, 0.05) is 30.6 Å². The third-order valence-corrected chi connectivity index (χ3v) is 5.02. The van der Waals surface area contributed by atoms with E-state index in [2.05, 4.69) is 37.9 Å². The monoisotopic (exact) mass is 309 g/mol. The predicted octanol–water partition coefficient (Wildman–Crippen LogP) is 4.22. The SMILES string of the molecule is CCCc1nc(N(CCC)CC2CC2)sc1CNC(C)C. The predicted molar refractivity (Wildman–Crippen MR) is 93.3 cm³/mol. The fraction of sp³-hybridized carbons (Fsp3) is 0.824. The summed E-state index contributed by atoms with van der Waals surface area (Å²) in [4.78, 5) is 8.95. The topological polar surface area (TPSA) is 28.2 Å². The smallest absolute Gasteiger partial charge is 0.185 e. The lowest BCUT2D eigenvalue weighted by atomic mass is 10.2. The number of nitrogens with zero attached hydrogens (tertiary/aromatic N) is 2. The molecule has 0 bridgehead atoms. The van der Waals surface area contributed by atoms with Gasteiger partial charge in [-0.1, -0.05) is 34.1 Å². The molecule has 1 saturated carbocycles. The summed E-state index contributed by atoms with van der Waals surface area (Å²) in [6, 6.07) is 0.531. The Bertz CT molecular complexity index is 424. The average Bonchev–Trinajstić information content (AvgIpc) is 3.16. The molecule has 1 aromatic heterocycles. The Hall–Kier alpha value is -0.610. The van der Waals surface area contributed by atoms with Gasteiger partial charge in [0.15, 0.2) is 5.13 Å². The van der Waals surface area contributed by atoms with Crippen molar-refractivity contribution in [1.29, 1.82) is 0 Å². The fourth-order valence-electron chi connectivity index (χ4n) is 2.52. The zero-order valence-electron chi connectivity index (χ0n) is 14.1. The van der Waals surface area contributed by atoms with Crippen molar-refractivity contribution >= 4 is 16.5 Å². The Kier molecular flexibility index (Phi) is 6.49. The number of hydrogen-bond acceptors (Lipinski definition) is 4. The molecule has 4 heteroatoms. The maximum atomic E-state index is 4.98. The van der Waals surface area contributed by atoms with Gasteiger partial charge in [-0.2, -0.15) is 0 Å². The number of thiazole rings is 1. The number of hydrogen-bond donors (Lipinski definition) is 1. The van der Waals surface area contributed by atoms with Crippen LogP contribution in [0.15, 0.2) is 0 Å². The Balaban J connectivity index is 2.10. The Labute approximate surface area is 134 Å². The molecule has 0 spiro atoms. The van der Waals surface area contributed by atoms with Crippen LogP contribution in [0.5, 0.6) is 0 Å². The summed E-state index contributed by atoms with van der Waals surface area (Å²) in [7, 11) is 0. The van der Waals surface area contributed by atoms with Crippen molar-refractivity contribution in [3.8, 4) is 0 Å². The molecule has 0 radical (unpaired) electrons. The maximum Gasteiger partial charge on any atom is 0.185 e. The average molecular weight is 310 g/mol. The van der Waals surface area contributed by atoms with Gasteiger partial charge in [-0.15, -0.1) is 11.3 Å². The van der Waals surface area contributed by atoms with Crippen molar-refractivity contribution in [2.75, 3.05) is 18.0 Å². The molecule has 2 rings (SSSR count). The highest BCUT2D eigenvalue weighted by Crippen LogP contribution is 2.34. The second-order valence-corrected chi connectivity index (χ2v) is 7.60. The molecule has 0 aliphatic heterocycles. The molecule has 1 aliphatic carbocycles. The van der Waals surface area contributed by atoms with Gasteiger partial charge in [-0.3, -0.25) is 0 Å². The number of aromatic nitrogens is 1. The summed E-state index contributed by atoms with van der Waals surface area (Å²) in [6.07, 6.45) is 6.31. The number of rotatable bonds is 10. The quantitative estimate of drug-likeness (QED) is 0.701. The van der Waals surface area contributed by atoms with E-state index in [-0.39, 0.29) is 0 Å². The van der Waals surface area contributed by atoms with Crippen molar-refractivity contribution < 1.29 is 0 Å². The van der Waals surface area contributed by atoms with Crippen LogP contribution in [-0.2, 0) is 13.0 Å². The van der Waals surface area contributed by atoms with E-state index in [0.29, 0.717) is 6.04 Å². The first-order valence-electron chi connectivity index (χ1n) is 8.60. The molecule has 0 atom stereocenters. The highest BCUT2D eigenvalue weighted by atomic mass is 32.1. The van der Waals surface area contributed by atoms with Crippen molar-refractivity contribution in [2.24, 2.45) is 5.92 Å². The minimum Gasteiger partial charge on any atom is -0.348 e. The Morgan fingerprint density at radius 3 is 2.62 bits per heavy atom. The van der Waals surface area contributed by atoms with Crippen LogP contribution in [0.1, 0.15) is 63.9 Å². The van der Waals surface area contributed by atoms with Gasteiger partial charge < -0.3 is 10.2 Å². The van der Waals surface area contributed by atoms with E-state index in [1.165, 1.54) is 47.9 Å². The molecule has 21 heavy (non-hydrogen) atoms. The molecule has 1 N–H and O–H groups in total. The lowest BCUT2D eigenvalue weighted by molar-refractivity contribution is 0.589. The van der Waals surface area contributed by atoms with E-state index in [0.717, 1.165) is 25.4 Å². The summed E-state index contributed by atoms with van der Waals surface area (Å²) in [5.74, 6) is 0.923. The molecule has 0 unspecified atom stereocenters. The summed E-state index contributed by atoms with van der Waals surface area (Å²) in [6.45, 7) is 12.2. The van der Waals surface area contributed by atoms with E-state index >= 15 is 0 Å². The maximum absolute atomic E-state index is 4.98. The zero-order valence-corrected chi connectivity index (χ0v) is 14.9. The molecular formula is C17H31N3S. The fourth-order valence-corrected chi connectivity index (χ4v) is 3.61. The van der Waals surface area contributed by atoms with Gasteiger partial charge in [-0.05, 0) is 31.6 Å². The highest BCUT2D eigenvalue weighted by Gasteiger charge is 2.26. The van der Waals surface area contributed by atoms with Crippen LogP contribution in [0, 0.1) is 5.92 Å². The standard InChI is InChI=1S/C17H31N3S/c1-5-7-15-16(11-18-13(3)4)21-17(19-15)20(10-6-2)12-14-8-9-14/h13-14,18H,5-12H2,1-4H3. The van der Waals surface area contributed by atoms with E-state index in [4.69, 9.17) is 4.98 Å². The first kappa shape index (κ1) is 16.8. The van der Waals surface area contributed by atoms with Gasteiger partial charge >= 0.3 is 0 Å². The zero-order chi connectivity index (χ0) is 15.2. The summed E-state index contributed by atoms with van der Waals surface area (Å²) in [5, 5.41) is 4.81. The second-order valence-electron chi connectivity index (χ2n) is 6.54. The molecule has 1 fully saturated rings. The van der Waals surface area contributed by atoms with Gasteiger partial charge in [0.25, 0.3) is 0 Å². The number of aryl methyl sites for hydroxylation is 1. The number of anilines is 1. The van der Waals surface area contributed by atoms with Crippen LogP contribution >= 0.6 is 11.3 Å². The molecule has 1 aliphatic rings. The molecule has 120 valence electrons. The van der Waals surface area contributed by atoms with E-state index in [1.54, 1.807) is 0 Å². The second kappa shape index (κ2) is 8.14. The molecule has 0 aromatic carbocycles. The van der Waals surface area contributed by atoms with Crippen LogP contribution in [0.25, 0.3) is 0 Å². The molecule has 1 heterocycles. The largest absolute Gasteiger partial charge is 0.348 e. The van der Waals surface area contributed by atoms with E-state index < -0.39 is 0 Å². The lowest BCUT2D eigenvalue weighted by Gasteiger charge is -2.20. The van der Waals surface area contributed by atoms with E-state index in [1.807, 2.05) is 11.3 Å². The summed E-state index contributed by atoms with van der Waals surface area (Å²) in [5.41, 5.74) is 1.32. The molecular weight excluding hydrogens is 278 g/mol. The minimum atomic E-state index is 0.531. The van der Waals surface area contributed by atoms with Gasteiger partial charge in [0.05, 0.1) is 5.69 Å². The number of nitrogens with one attached hydrogen (secondary N) is 1. The Morgan fingerprint density at radius 1 is 1.29 bits per heavy atom. The normalized spacial score (nSPS) is 14.9. The lowest BCUT2D eigenvalue weighted by Crippen LogP contribution is -2.26. The van der Waals surface area contributed by atoms with Crippen molar-refractivity contribution in [1.82, 2.24) is 10.3 Å². The summed E-state index contributed by atoms with van der Waals surface area (Å²) < 4.78 is 0. The molecule has 0 saturated heterocycles. The third kappa shape index (κ3) is 5.26. The highest BCUT2D eigenvalue weighted by molar-refractivity contribution is 7.15. The van der Waals surface area contributed by atoms with Crippen LogP contribution in [0.3, 0.4) is 0 Å². The van der Waals surface area contributed by atoms with Crippen molar-refractivity contribution in [3.63, 3.8) is 0 Å². The first-order chi connectivity index (χ1) is 10.1. The summed E-state index contributed by atoms with van der Waals surface area (Å²) >= 11 is 1.91. The van der Waals surface area contributed by atoms with Gasteiger partial charge in [-0.25, -0.2) is 4.98 Å². The third-order valence-electron chi connectivity index (χ3n) is 3.86. The van der Waals surface area contributed by atoms with Crippen LogP contribution in [-0.4, -0.2) is 24.1 Å². The van der Waals surface area contributed by atoms with Crippen LogP contribution < -0.4 is 10.2 Å². The van der Waals surface area contributed by atoms with Crippen LogP contribution in [0.2, 0.25) is 0 Å². The van der Waals surface area contributed by atoms with E-state index in [9.17, 15) is 0 Å². The molecule has 0 amide bonds. The van der Waals surface area contributed by atoms with Gasteiger partial charge in [0.1, 0.15) is 0 Å². The van der Waals surface area contributed by atoms with Crippen molar-refractivity contribution in [2.45, 2.75) is 72.4 Å². The molecule has 3 nitrogen and oxygen atoms in total. The molecule has 1 aromatic rings. The van der Waals surface area contributed by atoms with Crippen LogP contribution in [0.4, 0.5) is 5.13 Å². The van der Waals surface area contributed by atoms with Crippen molar-refractivity contribution in [3.05, 3.63) is 10.6 Å². The minimum absolute atomic E-state index is 0.531. The van der Waals surface area contributed by atoms with Gasteiger partial charge in [0.2, 0.25) is 0 Å².